The van der Waals surface area contributed by atoms with Crippen molar-refractivity contribution in [2.75, 3.05) is 13.1 Å². The number of nitrogens with zero attached hydrogens (tertiary/aromatic N) is 1. The Labute approximate surface area is 107 Å². The van der Waals surface area contributed by atoms with Crippen LogP contribution in [0, 0.1) is 6.92 Å². The number of aromatic hydroxyl groups is 1. The van der Waals surface area contributed by atoms with Gasteiger partial charge < -0.3 is 15.1 Å². The molecule has 1 aliphatic heterocycles. The largest absolute Gasteiger partial charge is 0.508 e. The molecule has 1 saturated heterocycles. The quantitative estimate of drug-likeness (QED) is 0.857. The third-order valence-electron chi connectivity index (χ3n) is 3.51. The van der Waals surface area contributed by atoms with Gasteiger partial charge in [0, 0.05) is 11.1 Å². The molecule has 0 aromatic heterocycles. The minimum atomic E-state index is -0.713. The van der Waals surface area contributed by atoms with Crippen LogP contribution in [-0.4, -0.2) is 39.7 Å². The Kier molecular flexibility index (Phi) is 3.30. The maximum absolute atomic E-state index is 12.2. The lowest BCUT2D eigenvalue weighted by molar-refractivity contribution is -0.0860. The molecule has 1 amide bonds. The molecule has 2 rings (SSSR count). The van der Waals surface area contributed by atoms with Crippen molar-refractivity contribution in [3.05, 3.63) is 29.3 Å². The molecule has 0 aliphatic carbocycles. The number of hydrogen-bond acceptors (Lipinski definition) is 3. The van der Waals surface area contributed by atoms with Gasteiger partial charge in [0.05, 0.1) is 18.7 Å². The lowest BCUT2D eigenvalue weighted by Crippen LogP contribution is -2.63. The Balaban J connectivity index is 2.08. The van der Waals surface area contributed by atoms with E-state index in [4.69, 9.17) is 0 Å². The van der Waals surface area contributed by atoms with Crippen molar-refractivity contribution in [2.24, 2.45) is 0 Å². The molecule has 4 heteroatoms. The Morgan fingerprint density at radius 1 is 1.44 bits per heavy atom. The highest BCUT2D eigenvalue weighted by Crippen LogP contribution is 2.29. The van der Waals surface area contributed by atoms with E-state index in [1.807, 2.05) is 6.92 Å². The zero-order valence-electron chi connectivity index (χ0n) is 10.8. The van der Waals surface area contributed by atoms with Crippen molar-refractivity contribution in [3.8, 4) is 5.75 Å². The third kappa shape index (κ3) is 2.20. The summed E-state index contributed by atoms with van der Waals surface area (Å²) in [7, 11) is 0. The fourth-order valence-corrected chi connectivity index (χ4v) is 2.46. The van der Waals surface area contributed by atoms with Crippen LogP contribution < -0.4 is 0 Å². The van der Waals surface area contributed by atoms with Gasteiger partial charge in [-0.1, -0.05) is 19.4 Å². The molecular formula is C14H19NO3. The monoisotopic (exact) mass is 249 g/mol. The predicted octanol–water partition coefficient (Wildman–Crippen LogP) is 1.69. The molecule has 0 spiro atoms. The molecule has 0 radical (unpaired) electrons. The maximum atomic E-state index is 12.2. The van der Waals surface area contributed by atoms with Crippen molar-refractivity contribution in [1.29, 1.82) is 0 Å². The summed E-state index contributed by atoms with van der Waals surface area (Å²) in [5.74, 6) is 0.00868. The van der Waals surface area contributed by atoms with Gasteiger partial charge in [-0.05, 0) is 25.5 Å². The lowest BCUT2D eigenvalue weighted by Gasteiger charge is -2.46. The number of phenols is 1. The molecule has 1 fully saturated rings. The van der Waals surface area contributed by atoms with Gasteiger partial charge in [-0.15, -0.1) is 0 Å². The molecule has 2 N–H and O–H groups in total. The minimum absolute atomic E-state index is 0.121. The van der Waals surface area contributed by atoms with Crippen molar-refractivity contribution in [2.45, 2.75) is 32.3 Å². The fraction of sp³-hybridized carbons (Fsp3) is 0.500. The van der Waals surface area contributed by atoms with Crippen LogP contribution in [0.4, 0.5) is 0 Å². The van der Waals surface area contributed by atoms with Gasteiger partial charge >= 0.3 is 0 Å². The second-order valence-electron chi connectivity index (χ2n) is 5.09. The number of β-amino-alcohol motifs (C(OH)–C–C–N with tert-alkyl or cyclic N) is 1. The molecular weight excluding hydrogens is 230 g/mol. The molecule has 0 saturated carbocycles. The number of aliphatic hydroxyl groups is 1. The first-order chi connectivity index (χ1) is 8.47. The number of benzene rings is 1. The number of carbonyl (C=O) groups is 1. The highest BCUT2D eigenvalue weighted by atomic mass is 16.3. The van der Waals surface area contributed by atoms with E-state index in [1.165, 1.54) is 0 Å². The zero-order valence-corrected chi connectivity index (χ0v) is 10.8. The maximum Gasteiger partial charge on any atom is 0.254 e. The average Bonchev–Trinajstić information content (AvgIpc) is 2.29. The van der Waals surface area contributed by atoms with Crippen LogP contribution in [0.2, 0.25) is 0 Å². The second kappa shape index (κ2) is 4.61. The van der Waals surface area contributed by atoms with Gasteiger partial charge in [0.15, 0.2) is 0 Å². The fourth-order valence-electron chi connectivity index (χ4n) is 2.46. The Bertz CT molecular complexity index is 464. The van der Waals surface area contributed by atoms with Crippen molar-refractivity contribution in [3.63, 3.8) is 0 Å². The van der Waals surface area contributed by atoms with Crippen LogP contribution in [0.25, 0.3) is 0 Å². The summed E-state index contributed by atoms with van der Waals surface area (Å²) < 4.78 is 0. The van der Waals surface area contributed by atoms with E-state index in [0.29, 0.717) is 24.2 Å². The van der Waals surface area contributed by atoms with Crippen molar-refractivity contribution < 1.29 is 15.0 Å². The number of carbonyl (C=O) groups excluding carboxylic acids is 1. The van der Waals surface area contributed by atoms with E-state index >= 15 is 0 Å². The molecule has 1 heterocycles. The average molecular weight is 249 g/mol. The first kappa shape index (κ1) is 12.9. The van der Waals surface area contributed by atoms with Gasteiger partial charge in [0.1, 0.15) is 5.75 Å². The molecule has 4 nitrogen and oxygen atoms in total. The molecule has 0 atom stereocenters. The summed E-state index contributed by atoms with van der Waals surface area (Å²) in [6.45, 7) is 4.51. The summed E-state index contributed by atoms with van der Waals surface area (Å²) in [6.07, 6.45) is 1.62. The van der Waals surface area contributed by atoms with Gasteiger partial charge in [-0.2, -0.15) is 0 Å². The SMILES string of the molecule is CCCC1(O)CN(C(=O)c2cccc(O)c2C)C1. The van der Waals surface area contributed by atoms with Crippen LogP contribution in [0.1, 0.15) is 35.7 Å². The van der Waals surface area contributed by atoms with Crippen LogP contribution >= 0.6 is 0 Å². The Morgan fingerprint density at radius 3 is 2.72 bits per heavy atom. The highest BCUT2D eigenvalue weighted by Gasteiger charge is 2.43. The van der Waals surface area contributed by atoms with Crippen LogP contribution in [0.15, 0.2) is 18.2 Å². The van der Waals surface area contributed by atoms with E-state index in [1.54, 1.807) is 30.0 Å². The number of hydrogen-bond donors (Lipinski definition) is 2. The lowest BCUT2D eigenvalue weighted by atomic mass is 9.88. The van der Waals surface area contributed by atoms with Crippen LogP contribution in [-0.2, 0) is 0 Å². The predicted molar refractivity (Wildman–Crippen MR) is 68.6 cm³/mol. The van der Waals surface area contributed by atoms with Gasteiger partial charge in [0.2, 0.25) is 0 Å². The number of phenolic OH excluding ortho intramolecular Hbond substituents is 1. The standard InChI is InChI=1S/C14H19NO3/c1-3-7-14(18)8-15(9-14)13(17)11-5-4-6-12(16)10(11)2/h4-6,16,18H,3,7-9H2,1-2H3. The Morgan fingerprint density at radius 2 is 2.11 bits per heavy atom. The summed E-state index contributed by atoms with van der Waals surface area (Å²) in [5.41, 5.74) is 0.386. The smallest absolute Gasteiger partial charge is 0.254 e. The van der Waals surface area contributed by atoms with E-state index in [2.05, 4.69) is 0 Å². The normalized spacial score (nSPS) is 17.4. The summed E-state index contributed by atoms with van der Waals surface area (Å²) >= 11 is 0. The van der Waals surface area contributed by atoms with Gasteiger partial charge in [-0.25, -0.2) is 0 Å². The zero-order chi connectivity index (χ0) is 13.3. The molecule has 1 aliphatic rings. The molecule has 1 aromatic carbocycles. The van der Waals surface area contributed by atoms with Gasteiger partial charge in [-0.3, -0.25) is 4.79 Å². The van der Waals surface area contributed by atoms with E-state index in [-0.39, 0.29) is 11.7 Å². The van der Waals surface area contributed by atoms with Crippen LogP contribution in [0.3, 0.4) is 0 Å². The third-order valence-corrected chi connectivity index (χ3v) is 3.51. The minimum Gasteiger partial charge on any atom is -0.508 e. The van der Waals surface area contributed by atoms with E-state index < -0.39 is 5.60 Å². The molecule has 98 valence electrons. The first-order valence-electron chi connectivity index (χ1n) is 6.27. The molecule has 0 unspecified atom stereocenters. The molecule has 18 heavy (non-hydrogen) atoms. The summed E-state index contributed by atoms with van der Waals surface area (Å²) in [6, 6.07) is 4.93. The van der Waals surface area contributed by atoms with Crippen molar-refractivity contribution in [1.82, 2.24) is 4.90 Å². The topological polar surface area (TPSA) is 60.8 Å². The van der Waals surface area contributed by atoms with E-state index in [0.717, 1.165) is 12.8 Å². The summed E-state index contributed by atoms with van der Waals surface area (Å²) in [5, 5.41) is 19.6. The number of likely N-dealkylation sites (tertiary alicyclic amines) is 1. The first-order valence-corrected chi connectivity index (χ1v) is 6.27. The molecule has 1 aromatic rings. The number of rotatable bonds is 3. The van der Waals surface area contributed by atoms with E-state index in [9.17, 15) is 15.0 Å². The summed E-state index contributed by atoms with van der Waals surface area (Å²) in [4.78, 5) is 13.8. The second-order valence-corrected chi connectivity index (χ2v) is 5.09. The van der Waals surface area contributed by atoms with Crippen LogP contribution in [0.5, 0.6) is 5.75 Å². The highest BCUT2D eigenvalue weighted by molar-refractivity contribution is 5.96. The molecule has 0 bridgehead atoms. The Hall–Kier alpha value is -1.55. The number of amides is 1. The van der Waals surface area contributed by atoms with Crippen molar-refractivity contribution >= 4 is 5.91 Å². The van der Waals surface area contributed by atoms with Gasteiger partial charge in [0.25, 0.3) is 5.91 Å².